The monoisotopic (exact) mass is 241 g/mol. The Hall–Kier alpha value is -0.770. The van der Waals surface area contributed by atoms with E-state index in [4.69, 9.17) is 4.74 Å². The summed E-state index contributed by atoms with van der Waals surface area (Å²) in [5, 5.41) is 12.2. The highest BCUT2D eigenvalue weighted by atomic mass is 16.6. The Morgan fingerprint density at radius 2 is 1.76 bits per heavy atom. The molecule has 0 aliphatic heterocycles. The van der Waals surface area contributed by atoms with Gasteiger partial charge in [-0.1, -0.05) is 12.8 Å². The lowest BCUT2D eigenvalue weighted by atomic mass is 9.85. The predicted molar refractivity (Wildman–Crippen MR) is 64.7 cm³/mol. The minimum absolute atomic E-state index is 0.0997. The average molecular weight is 241 g/mol. The summed E-state index contributed by atoms with van der Waals surface area (Å²) in [5.41, 5.74) is 0. The summed E-state index contributed by atoms with van der Waals surface area (Å²) < 4.78 is 5.38. The quantitative estimate of drug-likeness (QED) is 0.796. The largest absolute Gasteiger partial charge is 0.446 e. The molecule has 2 aliphatic rings. The first-order valence-electron chi connectivity index (χ1n) is 6.87. The van der Waals surface area contributed by atoms with Crippen LogP contribution in [0.5, 0.6) is 0 Å². The minimum atomic E-state index is -0.290. The molecule has 2 atom stereocenters. The van der Waals surface area contributed by atoms with E-state index in [9.17, 15) is 9.90 Å². The second-order valence-electron chi connectivity index (χ2n) is 5.29. The van der Waals surface area contributed by atoms with Gasteiger partial charge in [-0.05, 0) is 38.5 Å². The number of hydrogen-bond acceptors (Lipinski definition) is 3. The van der Waals surface area contributed by atoms with Crippen molar-refractivity contribution in [2.24, 2.45) is 5.92 Å². The van der Waals surface area contributed by atoms with Gasteiger partial charge < -0.3 is 15.2 Å². The molecule has 2 saturated carbocycles. The Labute approximate surface area is 103 Å². The number of aliphatic hydroxyl groups is 1. The van der Waals surface area contributed by atoms with Gasteiger partial charge in [-0.2, -0.15) is 0 Å². The van der Waals surface area contributed by atoms with E-state index < -0.39 is 0 Å². The number of amides is 1. The maximum absolute atomic E-state index is 11.7. The number of carbonyl (C=O) groups is 1. The highest BCUT2D eigenvalue weighted by Crippen LogP contribution is 2.25. The van der Waals surface area contributed by atoms with Gasteiger partial charge >= 0.3 is 6.09 Å². The van der Waals surface area contributed by atoms with Crippen LogP contribution >= 0.6 is 0 Å². The van der Waals surface area contributed by atoms with Crippen molar-refractivity contribution in [2.45, 2.75) is 63.5 Å². The Balaban J connectivity index is 1.75. The summed E-state index contributed by atoms with van der Waals surface area (Å²) in [6, 6.07) is 0.0997. The third-order valence-corrected chi connectivity index (χ3v) is 4.02. The van der Waals surface area contributed by atoms with Gasteiger partial charge in [0.25, 0.3) is 0 Å². The molecule has 2 fully saturated rings. The number of hydrogen-bond donors (Lipinski definition) is 2. The van der Waals surface area contributed by atoms with Crippen molar-refractivity contribution in [3.63, 3.8) is 0 Å². The number of rotatable bonds is 3. The molecule has 0 bridgehead atoms. The Bertz CT molecular complexity index is 251. The van der Waals surface area contributed by atoms with Crippen molar-refractivity contribution in [3.8, 4) is 0 Å². The molecule has 1 amide bonds. The van der Waals surface area contributed by atoms with Gasteiger partial charge in [0.2, 0.25) is 0 Å². The zero-order valence-electron chi connectivity index (χ0n) is 10.4. The topological polar surface area (TPSA) is 58.6 Å². The minimum Gasteiger partial charge on any atom is -0.446 e. The molecule has 0 aromatic carbocycles. The van der Waals surface area contributed by atoms with Crippen LogP contribution in [0.25, 0.3) is 0 Å². The Morgan fingerprint density at radius 1 is 1.12 bits per heavy atom. The third-order valence-electron chi connectivity index (χ3n) is 4.02. The zero-order chi connectivity index (χ0) is 12.1. The summed E-state index contributed by atoms with van der Waals surface area (Å²) in [5.74, 6) is 0.208. The summed E-state index contributed by atoms with van der Waals surface area (Å²) >= 11 is 0. The standard InChI is InChI=1S/C13H23NO3/c15-9-10-5-1-4-8-12(10)14-13(16)17-11-6-2-3-7-11/h10-12,15H,1-9H2,(H,14,16). The second-order valence-corrected chi connectivity index (χ2v) is 5.29. The van der Waals surface area contributed by atoms with Crippen molar-refractivity contribution in [3.05, 3.63) is 0 Å². The first-order chi connectivity index (χ1) is 8.29. The molecule has 4 nitrogen and oxygen atoms in total. The maximum atomic E-state index is 11.7. The van der Waals surface area contributed by atoms with E-state index in [1.54, 1.807) is 0 Å². The summed E-state index contributed by atoms with van der Waals surface area (Å²) in [6.45, 7) is 0.161. The molecule has 0 aromatic rings. The second kappa shape index (κ2) is 6.24. The fourth-order valence-corrected chi connectivity index (χ4v) is 2.96. The molecule has 0 aromatic heterocycles. The van der Waals surface area contributed by atoms with Crippen LogP contribution in [0.4, 0.5) is 4.79 Å². The van der Waals surface area contributed by atoms with E-state index in [0.717, 1.165) is 38.5 Å². The summed E-state index contributed by atoms with van der Waals surface area (Å²) in [6.07, 6.45) is 8.42. The highest BCUT2D eigenvalue weighted by Gasteiger charge is 2.27. The van der Waals surface area contributed by atoms with Gasteiger partial charge in [0.05, 0.1) is 0 Å². The SMILES string of the molecule is O=C(NC1CCCCC1CO)OC1CCCC1. The molecular weight excluding hydrogens is 218 g/mol. The molecule has 0 heterocycles. The average Bonchev–Trinajstić information content (AvgIpc) is 2.82. The molecule has 0 saturated heterocycles. The van der Waals surface area contributed by atoms with Gasteiger partial charge in [-0.15, -0.1) is 0 Å². The van der Waals surface area contributed by atoms with Gasteiger partial charge in [-0.3, -0.25) is 0 Å². The van der Waals surface area contributed by atoms with Crippen LogP contribution in [0.1, 0.15) is 51.4 Å². The van der Waals surface area contributed by atoms with Crippen LogP contribution < -0.4 is 5.32 Å². The molecule has 2 N–H and O–H groups in total. The fourth-order valence-electron chi connectivity index (χ4n) is 2.96. The van der Waals surface area contributed by atoms with Gasteiger partial charge in [0.1, 0.15) is 6.10 Å². The molecule has 2 aliphatic carbocycles. The highest BCUT2D eigenvalue weighted by molar-refractivity contribution is 5.67. The molecule has 0 radical (unpaired) electrons. The van der Waals surface area contributed by atoms with E-state index in [2.05, 4.69) is 5.32 Å². The normalized spacial score (nSPS) is 30.2. The molecule has 0 spiro atoms. The van der Waals surface area contributed by atoms with E-state index in [-0.39, 0.29) is 30.8 Å². The van der Waals surface area contributed by atoms with E-state index in [1.807, 2.05) is 0 Å². The van der Waals surface area contributed by atoms with E-state index in [0.29, 0.717) is 0 Å². The Morgan fingerprint density at radius 3 is 2.47 bits per heavy atom. The number of nitrogens with one attached hydrogen (secondary N) is 1. The van der Waals surface area contributed by atoms with E-state index >= 15 is 0 Å². The maximum Gasteiger partial charge on any atom is 0.407 e. The van der Waals surface area contributed by atoms with Gasteiger partial charge in [0.15, 0.2) is 0 Å². The lowest BCUT2D eigenvalue weighted by Gasteiger charge is -2.30. The fraction of sp³-hybridized carbons (Fsp3) is 0.923. The number of carbonyl (C=O) groups excluding carboxylic acids is 1. The molecular formula is C13H23NO3. The molecule has 2 unspecified atom stereocenters. The van der Waals surface area contributed by atoms with Crippen molar-refractivity contribution < 1.29 is 14.6 Å². The van der Waals surface area contributed by atoms with Gasteiger partial charge in [-0.25, -0.2) is 4.79 Å². The lowest BCUT2D eigenvalue weighted by molar-refractivity contribution is 0.0860. The van der Waals surface area contributed by atoms with Gasteiger partial charge in [0, 0.05) is 18.6 Å². The van der Waals surface area contributed by atoms with E-state index in [1.165, 1.54) is 12.8 Å². The van der Waals surface area contributed by atoms with Crippen LogP contribution in [0.15, 0.2) is 0 Å². The summed E-state index contributed by atoms with van der Waals surface area (Å²) in [4.78, 5) is 11.7. The third kappa shape index (κ3) is 3.60. The van der Waals surface area contributed by atoms with Crippen LogP contribution in [0.3, 0.4) is 0 Å². The number of aliphatic hydroxyl groups excluding tert-OH is 1. The first kappa shape index (κ1) is 12.7. The summed E-state index contributed by atoms with van der Waals surface area (Å²) in [7, 11) is 0. The molecule has 4 heteroatoms. The number of alkyl carbamates (subject to hydrolysis) is 1. The van der Waals surface area contributed by atoms with Crippen molar-refractivity contribution in [2.75, 3.05) is 6.61 Å². The Kier molecular flexibility index (Phi) is 4.66. The van der Waals surface area contributed by atoms with Crippen molar-refractivity contribution in [1.82, 2.24) is 5.32 Å². The zero-order valence-corrected chi connectivity index (χ0v) is 10.4. The molecule has 98 valence electrons. The number of ether oxygens (including phenoxy) is 1. The lowest BCUT2D eigenvalue weighted by Crippen LogP contribution is -2.44. The van der Waals surface area contributed by atoms with Crippen molar-refractivity contribution >= 4 is 6.09 Å². The van der Waals surface area contributed by atoms with Crippen molar-refractivity contribution in [1.29, 1.82) is 0 Å². The predicted octanol–water partition coefficient (Wildman–Crippen LogP) is 2.21. The van der Waals surface area contributed by atoms with Crippen LogP contribution in [-0.2, 0) is 4.74 Å². The van der Waals surface area contributed by atoms with Crippen LogP contribution in [0.2, 0.25) is 0 Å². The first-order valence-corrected chi connectivity index (χ1v) is 6.87. The van der Waals surface area contributed by atoms with Crippen LogP contribution in [-0.4, -0.2) is 30.0 Å². The molecule has 17 heavy (non-hydrogen) atoms. The molecule has 2 rings (SSSR count). The smallest absolute Gasteiger partial charge is 0.407 e. The van der Waals surface area contributed by atoms with Crippen LogP contribution in [0, 0.1) is 5.92 Å².